The molecule has 16 heavy (non-hydrogen) atoms. The Kier molecular flexibility index (Phi) is 5.00. The molecule has 3 heteroatoms. The van der Waals surface area contributed by atoms with Crippen LogP contribution >= 0.6 is 0 Å². The smallest absolute Gasteiger partial charge is 0.0640 e. The average molecular weight is 223 g/mol. The van der Waals surface area contributed by atoms with Gasteiger partial charge in [0.05, 0.1) is 5.69 Å². The summed E-state index contributed by atoms with van der Waals surface area (Å²) in [7, 11) is 0. The van der Waals surface area contributed by atoms with Gasteiger partial charge in [0.25, 0.3) is 0 Å². The third-order valence-corrected chi connectivity index (χ3v) is 2.89. The Balaban J connectivity index is 2.62. The van der Waals surface area contributed by atoms with Gasteiger partial charge in [-0.25, -0.2) is 0 Å². The Hall–Kier alpha value is -0.830. The van der Waals surface area contributed by atoms with Gasteiger partial charge < -0.3 is 5.32 Å². The summed E-state index contributed by atoms with van der Waals surface area (Å²) in [5.74, 6) is 0.643. The molecule has 3 nitrogen and oxygen atoms in total. The van der Waals surface area contributed by atoms with Crippen LogP contribution in [0.3, 0.4) is 0 Å². The first-order valence-electron chi connectivity index (χ1n) is 6.32. The van der Waals surface area contributed by atoms with E-state index in [1.165, 1.54) is 5.69 Å². The Labute approximate surface area is 99.2 Å². The van der Waals surface area contributed by atoms with E-state index in [1.807, 2.05) is 4.68 Å². The van der Waals surface area contributed by atoms with Crippen molar-refractivity contribution in [3.63, 3.8) is 0 Å². The molecule has 0 saturated carbocycles. The van der Waals surface area contributed by atoms with Crippen LogP contribution < -0.4 is 5.32 Å². The van der Waals surface area contributed by atoms with Crippen LogP contribution in [0.25, 0.3) is 0 Å². The summed E-state index contributed by atoms with van der Waals surface area (Å²) in [6.07, 6.45) is 3.09. The van der Waals surface area contributed by atoms with Gasteiger partial charge in [-0.05, 0) is 32.4 Å². The summed E-state index contributed by atoms with van der Waals surface area (Å²) in [4.78, 5) is 0. The Morgan fingerprint density at radius 3 is 2.44 bits per heavy atom. The van der Waals surface area contributed by atoms with Gasteiger partial charge in [-0.1, -0.05) is 20.8 Å². The zero-order valence-corrected chi connectivity index (χ0v) is 11.2. The number of hydrogen-bond acceptors (Lipinski definition) is 2. The van der Waals surface area contributed by atoms with Crippen LogP contribution in [0.2, 0.25) is 0 Å². The fourth-order valence-electron chi connectivity index (χ4n) is 1.80. The monoisotopic (exact) mass is 223 g/mol. The first-order chi connectivity index (χ1) is 7.54. The van der Waals surface area contributed by atoms with E-state index in [1.54, 1.807) is 0 Å². The first-order valence-corrected chi connectivity index (χ1v) is 6.32. The van der Waals surface area contributed by atoms with Gasteiger partial charge in [-0.3, -0.25) is 4.68 Å². The second-order valence-electron chi connectivity index (χ2n) is 4.99. The second kappa shape index (κ2) is 6.04. The zero-order chi connectivity index (χ0) is 12.1. The summed E-state index contributed by atoms with van der Waals surface area (Å²) >= 11 is 0. The van der Waals surface area contributed by atoms with Crippen LogP contribution in [-0.2, 0) is 6.42 Å². The van der Waals surface area contributed by atoms with E-state index in [0.717, 1.165) is 13.0 Å². The molecule has 1 atom stereocenters. The van der Waals surface area contributed by atoms with E-state index in [9.17, 15) is 0 Å². The van der Waals surface area contributed by atoms with Crippen molar-refractivity contribution in [1.29, 1.82) is 0 Å². The lowest BCUT2D eigenvalue weighted by atomic mass is 9.99. The average Bonchev–Trinajstić information content (AvgIpc) is 2.65. The van der Waals surface area contributed by atoms with E-state index < -0.39 is 0 Å². The summed E-state index contributed by atoms with van der Waals surface area (Å²) in [6, 6.07) is 3.11. The minimum absolute atomic E-state index is 0.449. The summed E-state index contributed by atoms with van der Waals surface area (Å²) in [5, 5.41) is 8.11. The lowest BCUT2D eigenvalue weighted by Crippen LogP contribution is -2.35. The molecule has 92 valence electrons. The number of aromatic nitrogens is 2. The molecule has 0 amide bonds. The minimum Gasteiger partial charge on any atom is -0.314 e. The highest BCUT2D eigenvalue weighted by molar-refractivity contribution is 5.02. The van der Waals surface area contributed by atoms with Crippen molar-refractivity contribution in [3.05, 3.63) is 18.0 Å². The van der Waals surface area contributed by atoms with Crippen LogP contribution in [0.5, 0.6) is 0 Å². The summed E-state index contributed by atoms with van der Waals surface area (Å²) in [6.45, 7) is 12.0. The predicted molar refractivity (Wildman–Crippen MR) is 68.6 cm³/mol. The van der Waals surface area contributed by atoms with Crippen LogP contribution in [0.15, 0.2) is 12.3 Å². The molecule has 0 radical (unpaired) electrons. The lowest BCUT2D eigenvalue weighted by molar-refractivity contribution is 0.399. The Morgan fingerprint density at radius 2 is 2.00 bits per heavy atom. The second-order valence-corrected chi connectivity index (χ2v) is 4.99. The van der Waals surface area contributed by atoms with Gasteiger partial charge in [-0.15, -0.1) is 0 Å². The third-order valence-electron chi connectivity index (χ3n) is 2.89. The number of likely N-dealkylation sites (N-methyl/N-ethyl adjacent to an activating group) is 1. The maximum atomic E-state index is 4.59. The zero-order valence-electron chi connectivity index (χ0n) is 11.2. The standard InChI is InChI=1S/C13H25N3/c1-6-14-13(10(2)3)9-12-7-8-16(15-12)11(4)5/h7-8,10-11,13-14H,6,9H2,1-5H3. The number of rotatable bonds is 6. The molecule has 1 N–H and O–H groups in total. The normalized spacial score (nSPS) is 13.7. The van der Waals surface area contributed by atoms with Crippen LogP contribution in [-0.4, -0.2) is 22.4 Å². The molecule has 0 saturated heterocycles. The number of hydrogen-bond donors (Lipinski definition) is 1. The highest BCUT2D eigenvalue weighted by Gasteiger charge is 2.14. The van der Waals surface area contributed by atoms with Gasteiger partial charge in [0.15, 0.2) is 0 Å². The van der Waals surface area contributed by atoms with E-state index in [2.05, 4.69) is 57.3 Å². The SMILES string of the molecule is CCNC(Cc1ccn(C(C)C)n1)C(C)C. The van der Waals surface area contributed by atoms with E-state index >= 15 is 0 Å². The molecule has 0 aliphatic heterocycles. The van der Waals surface area contributed by atoms with Gasteiger partial charge in [0.1, 0.15) is 0 Å². The van der Waals surface area contributed by atoms with E-state index in [0.29, 0.717) is 18.0 Å². The van der Waals surface area contributed by atoms with Gasteiger partial charge in [0, 0.05) is 24.7 Å². The molecule has 0 spiro atoms. The third kappa shape index (κ3) is 3.63. The van der Waals surface area contributed by atoms with E-state index in [4.69, 9.17) is 0 Å². The highest BCUT2D eigenvalue weighted by atomic mass is 15.3. The highest BCUT2D eigenvalue weighted by Crippen LogP contribution is 2.10. The van der Waals surface area contributed by atoms with Crippen LogP contribution in [0.1, 0.15) is 46.4 Å². The summed E-state index contributed by atoms with van der Waals surface area (Å²) < 4.78 is 2.03. The van der Waals surface area contributed by atoms with E-state index in [-0.39, 0.29) is 0 Å². The van der Waals surface area contributed by atoms with Crippen LogP contribution in [0.4, 0.5) is 0 Å². The fourth-order valence-corrected chi connectivity index (χ4v) is 1.80. The molecule has 1 aromatic heterocycles. The predicted octanol–water partition coefficient (Wildman–Crippen LogP) is 2.64. The van der Waals surface area contributed by atoms with Crippen molar-refractivity contribution >= 4 is 0 Å². The van der Waals surface area contributed by atoms with Crippen molar-refractivity contribution in [2.24, 2.45) is 5.92 Å². The molecular formula is C13H25N3. The van der Waals surface area contributed by atoms with Crippen molar-refractivity contribution in [3.8, 4) is 0 Å². The largest absolute Gasteiger partial charge is 0.314 e. The van der Waals surface area contributed by atoms with Gasteiger partial charge in [0.2, 0.25) is 0 Å². The molecule has 1 aromatic rings. The summed E-state index contributed by atoms with van der Waals surface area (Å²) in [5.41, 5.74) is 1.19. The number of nitrogens with zero attached hydrogens (tertiary/aromatic N) is 2. The van der Waals surface area contributed by atoms with Crippen molar-refractivity contribution in [2.75, 3.05) is 6.54 Å². The quantitative estimate of drug-likeness (QED) is 0.803. The molecule has 1 heterocycles. The van der Waals surface area contributed by atoms with Gasteiger partial charge in [-0.2, -0.15) is 5.10 Å². The molecule has 0 aromatic carbocycles. The molecule has 0 aliphatic rings. The topological polar surface area (TPSA) is 29.9 Å². The maximum absolute atomic E-state index is 4.59. The van der Waals surface area contributed by atoms with Gasteiger partial charge >= 0.3 is 0 Å². The van der Waals surface area contributed by atoms with Crippen LogP contribution in [0, 0.1) is 5.92 Å². The Bertz CT molecular complexity index is 302. The molecular weight excluding hydrogens is 198 g/mol. The van der Waals surface area contributed by atoms with Crippen molar-refractivity contribution < 1.29 is 0 Å². The molecule has 0 bridgehead atoms. The fraction of sp³-hybridized carbons (Fsp3) is 0.769. The maximum Gasteiger partial charge on any atom is 0.0640 e. The first kappa shape index (κ1) is 13.2. The molecule has 0 aliphatic carbocycles. The number of nitrogens with one attached hydrogen (secondary N) is 1. The molecule has 1 rings (SSSR count). The molecule has 1 unspecified atom stereocenters. The van der Waals surface area contributed by atoms with Crippen molar-refractivity contribution in [1.82, 2.24) is 15.1 Å². The molecule has 0 fully saturated rings. The van der Waals surface area contributed by atoms with Crippen molar-refractivity contribution in [2.45, 2.75) is 53.1 Å². The minimum atomic E-state index is 0.449. The Morgan fingerprint density at radius 1 is 1.31 bits per heavy atom. The lowest BCUT2D eigenvalue weighted by Gasteiger charge is -2.20.